The first-order valence-corrected chi connectivity index (χ1v) is 41.7. The topological polar surface area (TPSA) is 68.1 Å². The number of pyridine rings is 4. The number of furan rings is 4. The number of aryl methyl sites for hydroxylation is 9. The SMILES string of the molecule is Cc1ccc(-c2c(C)ccc3c2oc2ccc4ccccc4c23)[n+](C)c1.Cc1ccc2c(oc3ccc4ccccc4c32)c1-c1cc(C(C)(C)C)cc[n+]1C.Cc1ccc2c(oc3ccc4ccccc4c32)c1-c1cc(C2CCCC2)cc[n+]1C.Cc1ccc2c(oc3ccc4ccccc4c32)c1-c1cc(C2CCCCC2)cc[n+]1C. The molecule has 2 saturated carbocycles. The number of benzene rings is 12. The second kappa shape index (κ2) is 29.7. The minimum Gasteiger partial charge on any atom is -0.455 e. The summed E-state index contributed by atoms with van der Waals surface area (Å²) in [6.45, 7) is 17.6. The van der Waals surface area contributed by atoms with Gasteiger partial charge in [0.1, 0.15) is 72.9 Å². The summed E-state index contributed by atoms with van der Waals surface area (Å²) in [4.78, 5) is 0. The Morgan fingerprint density at radius 3 is 0.931 bits per heavy atom. The minimum absolute atomic E-state index is 0.0922. The average molecular weight is 1520 g/mol. The maximum atomic E-state index is 6.55. The zero-order valence-corrected chi connectivity index (χ0v) is 68.8. The molecule has 0 amide bonds. The number of rotatable bonds is 6. The third kappa shape index (κ3) is 13.0. The summed E-state index contributed by atoms with van der Waals surface area (Å²) in [5.74, 6) is 1.39. The first-order chi connectivity index (χ1) is 56.4. The van der Waals surface area contributed by atoms with E-state index < -0.39 is 0 Å². The zero-order valence-electron chi connectivity index (χ0n) is 68.8. The Kier molecular flexibility index (Phi) is 18.9. The lowest BCUT2D eigenvalue weighted by Crippen LogP contribution is -2.32. The van der Waals surface area contributed by atoms with Gasteiger partial charge in [-0.3, -0.25) is 0 Å². The third-order valence-corrected chi connectivity index (χ3v) is 25.5. The molecule has 0 radical (unpaired) electrons. The quantitative estimate of drug-likeness (QED) is 0.156. The van der Waals surface area contributed by atoms with Gasteiger partial charge in [0.15, 0.2) is 24.8 Å². The Morgan fingerprint density at radius 1 is 0.284 bits per heavy atom. The molecule has 20 aromatic rings. The van der Waals surface area contributed by atoms with Crippen molar-refractivity contribution in [1.82, 2.24) is 0 Å². The van der Waals surface area contributed by atoms with Gasteiger partial charge in [0.25, 0.3) is 0 Å². The lowest BCUT2D eigenvalue weighted by atomic mass is 9.84. The maximum Gasteiger partial charge on any atom is 0.216 e. The summed E-state index contributed by atoms with van der Waals surface area (Å²) >= 11 is 0. The molecule has 2 fully saturated rings. The smallest absolute Gasteiger partial charge is 0.216 e. The van der Waals surface area contributed by atoms with Crippen molar-refractivity contribution in [3.05, 3.63) is 312 Å². The minimum atomic E-state index is 0.0922. The number of nitrogens with zero attached hydrogens (tertiary/aromatic N) is 4. The van der Waals surface area contributed by atoms with Gasteiger partial charge in [-0.05, 0) is 190 Å². The van der Waals surface area contributed by atoms with Crippen molar-refractivity contribution < 1.29 is 35.9 Å². The first-order valence-electron chi connectivity index (χ1n) is 41.7. The van der Waals surface area contributed by atoms with Crippen molar-refractivity contribution in [2.45, 2.75) is 130 Å². The van der Waals surface area contributed by atoms with E-state index in [1.165, 1.54) is 234 Å². The van der Waals surface area contributed by atoms with Gasteiger partial charge in [0.05, 0.1) is 22.3 Å². The fourth-order valence-corrected chi connectivity index (χ4v) is 19.3. The summed E-state index contributed by atoms with van der Waals surface area (Å²) < 4.78 is 34.9. The lowest BCUT2D eigenvalue weighted by molar-refractivity contribution is -0.660. The van der Waals surface area contributed by atoms with Crippen LogP contribution in [0.15, 0.2) is 285 Å². The highest BCUT2D eigenvalue weighted by Crippen LogP contribution is 2.47. The van der Waals surface area contributed by atoms with Crippen LogP contribution in [0.5, 0.6) is 0 Å². The summed E-state index contributed by atoms with van der Waals surface area (Å²) in [5.41, 5.74) is 28.0. The molecule has 12 aromatic carbocycles. The zero-order chi connectivity index (χ0) is 79.4. The molecule has 8 heteroatoms. The highest BCUT2D eigenvalue weighted by Gasteiger charge is 2.30. The van der Waals surface area contributed by atoms with Crippen molar-refractivity contribution in [2.24, 2.45) is 28.2 Å². The molecule has 0 saturated heterocycles. The molecule has 0 N–H and O–H groups in total. The molecule has 2 aliphatic carbocycles. The van der Waals surface area contributed by atoms with Gasteiger partial charge in [-0.2, -0.15) is 0 Å². The molecule has 0 unspecified atom stereocenters. The lowest BCUT2D eigenvalue weighted by Gasteiger charge is -2.21. The van der Waals surface area contributed by atoms with Gasteiger partial charge >= 0.3 is 0 Å². The van der Waals surface area contributed by atoms with Crippen LogP contribution in [0, 0.1) is 34.6 Å². The van der Waals surface area contributed by atoms with Crippen LogP contribution in [0.25, 0.3) is 176 Å². The maximum absolute atomic E-state index is 6.55. The van der Waals surface area contributed by atoms with E-state index in [9.17, 15) is 0 Å². The van der Waals surface area contributed by atoms with Crippen LogP contribution in [-0.4, -0.2) is 0 Å². The summed E-state index contributed by atoms with van der Waals surface area (Å²) in [7, 11) is 8.50. The molecule has 0 spiro atoms. The van der Waals surface area contributed by atoms with Crippen molar-refractivity contribution in [1.29, 1.82) is 0 Å². The van der Waals surface area contributed by atoms with Crippen molar-refractivity contribution >= 4 is 131 Å². The Balaban J connectivity index is 0.000000103. The summed E-state index contributed by atoms with van der Waals surface area (Å²) in [5, 5.41) is 19.6. The van der Waals surface area contributed by atoms with E-state index in [2.05, 4.69) is 369 Å². The second-order valence-electron chi connectivity index (χ2n) is 34.2. The standard InChI is InChI=1S/C29H28NO.C28H26NO.C27H26NO.C24H20NO/c1-19-12-14-24-28-23-11-7-6-10-21(23)13-15-26(28)31-29(24)27(19)25-18-22(16-17-30(25)2)20-8-4-3-5-9-20;1-18-11-13-23-27-22-10-6-5-9-20(22)12-14-25(27)30-28(23)26(18)24-17-21(15-16-29(24)2)19-7-3-4-8-19;1-17-10-12-21-25-20-9-7-6-8-18(20)11-13-23(25)29-26(21)24(17)22-16-19(27(2,3)4)14-15-28(22)5;1-15-8-12-20(25(3)14-15)22-16(2)9-11-19-23-18-7-5-4-6-17(18)10-13-21(23)26-24(19)22/h6-7,10-18,20H,3-5,8-9H2,1-2H3;5-6,9-17,19H,3-4,7-8H2,1-2H3;6-16H,1-5H3;4-14H,1-3H3/q4*+1. The van der Waals surface area contributed by atoms with E-state index in [-0.39, 0.29) is 5.41 Å². The molecule has 0 aliphatic heterocycles. The predicted octanol–water partition coefficient (Wildman–Crippen LogP) is 27.5. The Hall–Kier alpha value is -12.5. The van der Waals surface area contributed by atoms with Crippen LogP contribution in [0.4, 0.5) is 0 Å². The van der Waals surface area contributed by atoms with Gasteiger partial charge in [-0.25, -0.2) is 18.3 Å². The predicted molar refractivity (Wildman–Crippen MR) is 481 cm³/mol. The Labute approximate surface area is 678 Å². The fraction of sp³-hybridized carbons (Fsp3) is 0.222. The molecule has 116 heavy (non-hydrogen) atoms. The number of aromatic nitrogens is 4. The molecule has 8 aromatic heterocycles. The van der Waals surface area contributed by atoms with Crippen LogP contribution in [0.3, 0.4) is 0 Å². The van der Waals surface area contributed by atoms with E-state index in [4.69, 9.17) is 17.7 Å². The van der Waals surface area contributed by atoms with Gasteiger partial charge in [0.2, 0.25) is 22.8 Å². The summed E-state index contributed by atoms with van der Waals surface area (Å²) in [6, 6.07) is 87.4. The molecule has 0 atom stereocenters. The molecular formula is C108H100N4O4+4. The highest BCUT2D eigenvalue weighted by molar-refractivity contribution is 6.24. The van der Waals surface area contributed by atoms with E-state index in [0.717, 1.165) is 44.7 Å². The van der Waals surface area contributed by atoms with Gasteiger partial charge in [0, 0.05) is 91.1 Å². The van der Waals surface area contributed by atoms with Gasteiger partial charge < -0.3 is 17.7 Å². The molecule has 572 valence electrons. The molecule has 0 bridgehead atoms. The molecule has 8 heterocycles. The van der Waals surface area contributed by atoms with Gasteiger partial charge in [-0.15, -0.1) is 0 Å². The van der Waals surface area contributed by atoms with Crippen LogP contribution in [-0.2, 0) is 33.6 Å². The molecular weight excluding hydrogens is 1420 g/mol. The van der Waals surface area contributed by atoms with Crippen LogP contribution in [0.1, 0.15) is 135 Å². The number of fused-ring (bicyclic) bond motifs is 20. The Morgan fingerprint density at radius 2 is 0.595 bits per heavy atom. The largest absolute Gasteiger partial charge is 0.455 e. The monoisotopic (exact) mass is 1520 g/mol. The van der Waals surface area contributed by atoms with E-state index in [1.54, 1.807) is 0 Å². The summed E-state index contributed by atoms with van der Waals surface area (Å²) in [6.07, 6.45) is 20.8. The molecule has 2 aliphatic rings. The average Bonchev–Trinajstić information content (AvgIpc) is 1.60. The third-order valence-electron chi connectivity index (χ3n) is 25.5. The van der Waals surface area contributed by atoms with Crippen LogP contribution < -0.4 is 18.3 Å². The fourth-order valence-electron chi connectivity index (χ4n) is 19.3. The van der Waals surface area contributed by atoms with E-state index in [0.29, 0.717) is 11.8 Å². The van der Waals surface area contributed by atoms with E-state index in [1.807, 2.05) is 0 Å². The second-order valence-corrected chi connectivity index (χ2v) is 34.2. The first kappa shape index (κ1) is 73.6. The van der Waals surface area contributed by atoms with Crippen LogP contribution >= 0.6 is 0 Å². The van der Waals surface area contributed by atoms with Crippen molar-refractivity contribution in [3.8, 4) is 45.0 Å². The van der Waals surface area contributed by atoms with Crippen LogP contribution in [0.2, 0.25) is 0 Å². The highest BCUT2D eigenvalue weighted by atomic mass is 16.3. The normalized spacial score (nSPS) is 13.7. The van der Waals surface area contributed by atoms with Gasteiger partial charge in [-0.1, -0.05) is 223 Å². The van der Waals surface area contributed by atoms with E-state index >= 15 is 0 Å². The van der Waals surface area contributed by atoms with Crippen molar-refractivity contribution in [2.75, 3.05) is 0 Å². The molecule has 22 rings (SSSR count). The van der Waals surface area contributed by atoms with Crippen molar-refractivity contribution in [3.63, 3.8) is 0 Å². The Bertz CT molecular complexity index is 7310. The molecule has 8 nitrogen and oxygen atoms in total. The number of hydrogen-bond acceptors (Lipinski definition) is 4. The number of hydrogen-bond donors (Lipinski definition) is 0.